The molecule has 0 unspecified atom stereocenters. The smallest absolute Gasteiger partial charge is 0.417 e. The molecule has 2 aromatic rings. The van der Waals surface area contributed by atoms with E-state index in [0.29, 0.717) is 12.3 Å². The van der Waals surface area contributed by atoms with Gasteiger partial charge in [-0.2, -0.15) is 13.2 Å². The lowest BCUT2D eigenvalue weighted by molar-refractivity contribution is -0.137. The summed E-state index contributed by atoms with van der Waals surface area (Å²) in [5.74, 6) is -1.42. The molecule has 1 aromatic heterocycles. The second-order valence-corrected chi connectivity index (χ2v) is 5.01. The number of aromatic hydroxyl groups is 1. The minimum Gasteiger partial charge on any atom is -0.507 e. The van der Waals surface area contributed by atoms with Crippen LogP contribution in [0.2, 0.25) is 10.0 Å². The molecule has 0 saturated heterocycles. The molecule has 0 spiro atoms. The number of hydrogen-bond donors (Lipinski definition) is 2. The van der Waals surface area contributed by atoms with Crippen LogP contribution in [-0.4, -0.2) is 16.0 Å². The molecule has 0 aliphatic heterocycles. The largest absolute Gasteiger partial charge is 0.507 e. The maximum absolute atomic E-state index is 12.5. The van der Waals surface area contributed by atoms with Gasteiger partial charge in [-0.15, -0.1) is 0 Å². The lowest BCUT2D eigenvalue weighted by Crippen LogP contribution is -2.14. The van der Waals surface area contributed by atoms with Gasteiger partial charge in [-0.25, -0.2) is 4.98 Å². The summed E-state index contributed by atoms with van der Waals surface area (Å²) in [5, 5.41) is 11.6. The van der Waals surface area contributed by atoms with Crippen LogP contribution in [0.25, 0.3) is 0 Å². The summed E-state index contributed by atoms with van der Waals surface area (Å²) < 4.78 is 37.5. The molecule has 22 heavy (non-hydrogen) atoms. The molecule has 1 heterocycles. The molecule has 2 N–H and O–H groups in total. The number of amides is 1. The fraction of sp³-hybridized carbons (Fsp3) is 0.0769. The van der Waals surface area contributed by atoms with Gasteiger partial charge in [0.2, 0.25) is 0 Å². The number of carbonyl (C=O) groups is 1. The van der Waals surface area contributed by atoms with E-state index in [1.165, 1.54) is 18.2 Å². The van der Waals surface area contributed by atoms with Crippen molar-refractivity contribution in [3.8, 4) is 5.75 Å². The Labute approximate surface area is 132 Å². The number of alkyl halides is 3. The van der Waals surface area contributed by atoms with Gasteiger partial charge >= 0.3 is 6.18 Å². The first-order valence-electron chi connectivity index (χ1n) is 5.71. The predicted octanol–water partition coefficient (Wildman–Crippen LogP) is 4.37. The molecule has 0 atom stereocenters. The number of benzene rings is 1. The van der Waals surface area contributed by atoms with Crippen molar-refractivity contribution in [2.24, 2.45) is 0 Å². The molecule has 0 aliphatic rings. The number of carbonyl (C=O) groups excluding carboxylic acids is 1. The zero-order valence-corrected chi connectivity index (χ0v) is 12.1. The topological polar surface area (TPSA) is 62.2 Å². The van der Waals surface area contributed by atoms with Crippen LogP contribution in [0.15, 0.2) is 30.5 Å². The van der Waals surface area contributed by atoms with Crippen molar-refractivity contribution < 1.29 is 23.1 Å². The Bertz CT molecular complexity index is 736. The van der Waals surface area contributed by atoms with Crippen molar-refractivity contribution >= 4 is 34.9 Å². The molecule has 0 saturated carbocycles. The number of phenolic OH excluding ortho intramolecular Hbond substituents is 1. The van der Waals surface area contributed by atoms with Gasteiger partial charge in [0.15, 0.2) is 5.82 Å². The SMILES string of the molecule is O=C(Nc1ncc(C(F)(F)F)cc1Cl)c1cc(Cl)ccc1O. The van der Waals surface area contributed by atoms with Gasteiger partial charge in [0.1, 0.15) is 5.75 Å². The van der Waals surface area contributed by atoms with Gasteiger partial charge in [0.25, 0.3) is 5.91 Å². The molecule has 116 valence electrons. The van der Waals surface area contributed by atoms with Gasteiger partial charge in [-0.1, -0.05) is 23.2 Å². The Morgan fingerprint density at radius 1 is 1.23 bits per heavy atom. The quantitative estimate of drug-likeness (QED) is 0.845. The summed E-state index contributed by atoms with van der Waals surface area (Å²) >= 11 is 11.4. The third-order valence-electron chi connectivity index (χ3n) is 2.60. The molecule has 0 bridgehead atoms. The van der Waals surface area contributed by atoms with E-state index in [4.69, 9.17) is 23.2 Å². The van der Waals surface area contributed by atoms with Crippen molar-refractivity contribution in [3.63, 3.8) is 0 Å². The van der Waals surface area contributed by atoms with Crippen molar-refractivity contribution in [3.05, 3.63) is 51.6 Å². The Hall–Kier alpha value is -1.99. The highest BCUT2D eigenvalue weighted by atomic mass is 35.5. The maximum Gasteiger partial charge on any atom is 0.417 e. The van der Waals surface area contributed by atoms with E-state index in [-0.39, 0.29) is 27.2 Å². The Kier molecular flexibility index (Phi) is 4.48. The third kappa shape index (κ3) is 3.61. The number of hydrogen-bond acceptors (Lipinski definition) is 3. The fourth-order valence-corrected chi connectivity index (χ4v) is 1.94. The normalized spacial score (nSPS) is 11.3. The van der Waals surface area contributed by atoms with Crippen LogP contribution in [0.3, 0.4) is 0 Å². The highest BCUT2D eigenvalue weighted by molar-refractivity contribution is 6.34. The van der Waals surface area contributed by atoms with Crippen molar-refractivity contribution in [2.45, 2.75) is 6.18 Å². The summed E-state index contributed by atoms with van der Waals surface area (Å²) in [6, 6.07) is 4.42. The average molecular weight is 351 g/mol. The molecule has 9 heteroatoms. The number of anilines is 1. The third-order valence-corrected chi connectivity index (χ3v) is 3.13. The number of rotatable bonds is 2. The second kappa shape index (κ2) is 6.02. The summed E-state index contributed by atoms with van der Waals surface area (Å²) in [6.45, 7) is 0. The monoisotopic (exact) mass is 350 g/mol. The second-order valence-electron chi connectivity index (χ2n) is 4.17. The van der Waals surface area contributed by atoms with Crippen LogP contribution in [0, 0.1) is 0 Å². The van der Waals surface area contributed by atoms with E-state index in [2.05, 4.69) is 10.3 Å². The fourth-order valence-electron chi connectivity index (χ4n) is 1.55. The standard InChI is InChI=1S/C13H7Cl2F3N2O2/c14-7-1-2-10(21)8(4-7)12(22)20-11-9(15)3-6(5-19-11)13(16,17)18/h1-5,21H,(H,19,20,22). The number of phenols is 1. The van der Waals surface area contributed by atoms with Crippen LogP contribution >= 0.6 is 23.2 Å². The van der Waals surface area contributed by atoms with E-state index < -0.39 is 17.6 Å². The van der Waals surface area contributed by atoms with Gasteiger partial charge in [-0.3, -0.25) is 4.79 Å². The lowest BCUT2D eigenvalue weighted by atomic mass is 10.2. The maximum atomic E-state index is 12.5. The summed E-state index contributed by atoms with van der Waals surface area (Å²) in [5.41, 5.74) is -1.20. The number of pyridine rings is 1. The first-order valence-corrected chi connectivity index (χ1v) is 6.46. The van der Waals surface area contributed by atoms with Gasteiger partial charge in [-0.05, 0) is 24.3 Å². The highest BCUT2D eigenvalue weighted by Gasteiger charge is 2.31. The van der Waals surface area contributed by atoms with Crippen LogP contribution in [-0.2, 0) is 6.18 Å². The number of aromatic nitrogens is 1. The summed E-state index contributed by atoms with van der Waals surface area (Å²) in [7, 11) is 0. The molecule has 0 fully saturated rings. The summed E-state index contributed by atoms with van der Waals surface area (Å²) in [6.07, 6.45) is -4.05. The molecule has 0 aliphatic carbocycles. The van der Waals surface area contributed by atoms with Crippen LogP contribution in [0.4, 0.5) is 19.0 Å². The Balaban J connectivity index is 2.27. The van der Waals surface area contributed by atoms with E-state index in [1.807, 2.05) is 0 Å². The number of halogens is 5. The van der Waals surface area contributed by atoms with Crippen molar-refractivity contribution in [1.82, 2.24) is 4.98 Å². The van der Waals surface area contributed by atoms with E-state index in [1.54, 1.807) is 0 Å². The van der Waals surface area contributed by atoms with Gasteiger partial charge in [0, 0.05) is 11.2 Å². The van der Waals surface area contributed by atoms with E-state index >= 15 is 0 Å². The van der Waals surface area contributed by atoms with E-state index in [9.17, 15) is 23.1 Å². The van der Waals surface area contributed by atoms with Crippen molar-refractivity contribution in [1.29, 1.82) is 0 Å². The number of nitrogens with zero attached hydrogens (tertiary/aromatic N) is 1. The van der Waals surface area contributed by atoms with E-state index in [0.717, 1.165) is 0 Å². The van der Waals surface area contributed by atoms with Gasteiger partial charge < -0.3 is 10.4 Å². The minimum absolute atomic E-state index is 0.162. The average Bonchev–Trinajstić information content (AvgIpc) is 2.42. The lowest BCUT2D eigenvalue weighted by Gasteiger charge is -2.10. The Morgan fingerprint density at radius 2 is 1.91 bits per heavy atom. The Morgan fingerprint density at radius 3 is 2.50 bits per heavy atom. The molecule has 0 radical (unpaired) electrons. The summed E-state index contributed by atoms with van der Waals surface area (Å²) in [4.78, 5) is 15.4. The van der Waals surface area contributed by atoms with Gasteiger partial charge in [0.05, 0.1) is 16.1 Å². The molecule has 1 amide bonds. The minimum atomic E-state index is -4.59. The first kappa shape index (κ1) is 16.4. The predicted molar refractivity (Wildman–Crippen MR) is 75.3 cm³/mol. The molecular formula is C13H7Cl2F3N2O2. The van der Waals surface area contributed by atoms with Crippen LogP contribution < -0.4 is 5.32 Å². The molecular weight excluding hydrogens is 344 g/mol. The zero-order chi connectivity index (χ0) is 16.5. The zero-order valence-electron chi connectivity index (χ0n) is 10.6. The van der Waals surface area contributed by atoms with Crippen LogP contribution in [0.5, 0.6) is 5.75 Å². The number of nitrogens with one attached hydrogen (secondary N) is 1. The first-order chi connectivity index (χ1) is 10.2. The molecule has 4 nitrogen and oxygen atoms in total. The highest BCUT2D eigenvalue weighted by Crippen LogP contribution is 2.32. The molecule has 2 rings (SSSR count). The van der Waals surface area contributed by atoms with Crippen LogP contribution in [0.1, 0.15) is 15.9 Å². The molecule has 1 aromatic carbocycles. The van der Waals surface area contributed by atoms with Crippen molar-refractivity contribution in [2.75, 3.05) is 5.32 Å².